The van der Waals surface area contributed by atoms with Crippen molar-refractivity contribution in [1.82, 2.24) is 10.6 Å². The second kappa shape index (κ2) is 5.01. The van der Waals surface area contributed by atoms with Crippen LogP contribution in [0.3, 0.4) is 0 Å². The molecule has 2 saturated heterocycles. The molecule has 2 N–H and O–H groups in total. The van der Waals surface area contributed by atoms with Crippen LogP contribution >= 0.6 is 0 Å². The lowest BCUT2D eigenvalue weighted by Crippen LogP contribution is -2.52. The molecule has 1 atom stereocenters. The van der Waals surface area contributed by atoms with E-state index in [2.05, 4.69) is 10.6 Å². The molecule has 0 aliphatic carbocycles. The Kier molecular flexibility index (Phi) is 3.21. The van der Waals surface area contributed by atoms with Crippen molar-refractivity contribution in [1.29, 1.82) is 0 Å². The zero-order valence-electron chi connectivity index (χ0n) is 10.7. The van der Waals surface area contributed by atoms with Gasteiger partial charge in [-0.3, -0.25) is 9.59 Å². The lowest BCUT2D eigenvalue weighted by atomic mass is 10.0. The first-order chi connectivity index (χ1) is 9.27. The van der Waals surface area contributed by atoms with Crippen molar-refractivity contribution in [2.75, 3.05) is 24.5 Å². The van der Waals surface area contributed by atoms with Gasteiger partial charge in [0.05, 0.1) is 0 Å². The second-order valence-electron chi connectivity index (χ2n) is 4.92. The van der Waals surface area contributed by atoms with Gasteiger partial charge in [0, 0.05) is 24.8 Å². The molecule has 0 spiro atoms. The van der Waals surface area contributed by atoms with E-state index in [-0.39, 0.29) is 6.04 Å². The summed E-state index contributed by atoms with van der Waals surface area (Å²) >= 11 is 0. The van der Waals surface area contributed by atoms with Crippen molar-refractivity contribution in [2.45, 2.75) is 18.9 Å². The van der Waals surface area contributed by atoms with Crippen LogP contribution in [0.4, 0.5) is 5.69 Å². The normalized spacial score (nSPS) is 23.6. The molecule has 5 heteroatoms. The monoisotopic (exact) mass is 259 g/mol. The van der Waals surface area contributed by atoms with Gasteiger partial charge in [0.25, 0.3) is 0 Å². The van der Waals surface area contributed by atoms with Crippen LogP contribution in [0.1, 0.15) is 24.4 Å². The summed E-state index contributed by atoms with van der Waals surface area (Å²) in [6.07, 6.45) is 2.22. The number of anilines is 1. The Balaban J connectivity index is 1.95. The molecule has 2 fully saturated rings. The van der Waals surface area contributed by atoms with Crippen LogP contribution in [0.15, 0.2) is 24.3 Å². The zero-order chi connectivity index (χ0) is 13.2. The van der Waals surface area contributed by atoms with E-state index in [1.165, 1.54) is 0 Å². The Bertz CT molecular complexity index is 509. The molecular weight excluding hydrogens is 242 g/mol. The van der Waals surface area contributed by atoms with Crippen LogP contribution in [0.5, 0.6) is 0 Å². The summed E-state index contributed by atoms with van der Waals surface area (Å²) in [5.41, 5.74) is 1.98. The molecule has 100 valence electrons. The molecule has 1 aromatic rings. The number of rotatable bonds is 2. The fourth-order valence-electron chi connectivity index (χ4n) is 2.79. The third-order valence-electron chi connectivity index (χ3n) is 3.72. The highest BCUT2D eigenvalue weighted by Gasteiger charge is 2.30. The maximum absolute atomic E-state index is 12.0. The van der Waals surface area contributed by atoms with Crippen molar-refractivity contribution in [3.8, 4) is 0 Å². The van der Waals surface area contributed by atoms with Gasteiger partial charge in [0.1, 0.15) is 0 Å². The maximum Gasteiger partial charge on any atom is 0.316 e. The highest BCUT2D eigenvalue weighted by atomic mass is 16.2. The summed E-state index contributed by atoms with van der Waals surface area (Å²) in [4.78, 5) is 25.1. The Labute approximate surface area is 112 Å². The van der Waals surface area contributed by atoms with Crippen LogP contribution in [0.25, 0.3) is 0 Å². The molecule has 0 saturated carbocycles. The number of para-hydroxylation sites is 1. The van der Waals surface area contributed by atoms with E-state index >= 15 is 0 Å². The molecule has 0 aromatic heterocycles. The number of amides is 2. The van der Waals surface area contributed by atoms with E-state index in [1.807, 2.05) is 24.3 Å². The number of hydrogen-bond acceptors (Lipinski definition) is 3. The Morgan fingerprint density at radius 3 is 2.79 bits per heavy atom. The predicted octanol–water partition coefficient (Wildman–Crippen LogP) is 0.574. The highest BCUT2D eigenvalue weighted by molar-refractivity contribution is 6.41. The van der Waals surface area contributed by atoms with Crippen LogP contribution < -0.4 is 15.5 Å². The molecule has 0 radical (unpaired) electrons. The van der Waals surface area contributed by atoms with Crippen LogP contribution in [0, 0.1) is 0 Å². The second-order valence-corrected chi connectivity index (χ2v) is 4.92. The van der Waals surface area contributed by atoms with E-state index in [9.17, 15) is 9.59 Å². The van der Waals surface area contributed by atoms with Gasteiger partial charge in [-0.2, -0.15) is 0 Å². The van der Waals surface area contributed by atoms with Gasteiger partial charge in [-0.05, 0) is 31.0 Å². The number of benzene rings is 1. The van der Waals surface area contributed by atoms with Gasteiger partial charge in [-0.15, -0.1) is 0 Å². The SMILES string of the molecule is O=C1NCCN(c2ccccc2C2CCCN2)C1=O. The minimum absolute atomic E-state index is 0.286. The highest BCUT2D eigenvalue weighted by Crippen LogP contribution is 2.31. The number of nitrogens with zero attached hydrogens (tertiary/aromatic N) is 1. The van der Waals surface area contributed by atoms with E-state index < -0.39 is 11.8 Å². The van der Waals surface area contributed by atoms with Crippen molar-refractivity contribution in [3.05, 3.63) is 29.8 Å². The number of carbonyl (C=O) groups excluding carboxylic acids is 2. The molecule has 1 aromatic carbocycles. The van der Waals surface area contributed by atoms with E-state index in [0.29, 0.717) is 13.1 Å². The van der Waals surface area contributed by atoms with Gasteiger partial charge in [-0.25, -0.2) is 0 Å². The summed E-state index contributed by atoms with van der Waals surface area (Å²) in [5.74, 6) is -0.975. The number of nitrogens with one attached hydrogen (secondary N) is 2. The smallest absolute Gasteiger partial charge is 0.316 e. The lowest BCUT2D eigenvalue weighted by molar-refractivity contribution is -0.138. The predicted molar refractivity (Wildman–Crippen MR) is 71.8 cm³/mol. The average molecular weight is 259 g/mol. The fourth-order valence-corrected chi connectivity index (χ4v) is 2.79. The van der Waals surface area contributed by atoms with Gasteiger partial charge >= 0.3 is 11.8 Å². The minimum Gasteiger partial charge on any atom is -0.346 e. The van der Waals surface area contributed by atoms with Crippen molar-refractivity contribution in [3.63, 3.8) is 0 Å². The zero-order valence-corrected chi connectivity index (χ0v) is 10.7. The van der Waals surface area contributed by atoms with Crippen molar-refractivity contribution < 1.29 is 9.59 Å². The molecule has 1 unspecified atom stereocenters. The topological polar surface area (TPSA) is 61.4 Å². The van der Waals surface area contributed by atoms with Crippen LogP contribution in [-0.2, 0) is 9.59 Å². The molecule has 2 aliphatic rings. The standard InChI is InChI=1S/C14H17N3O2/c18-13-14(19)17(9-8-16-13)12-6-2-1-4-10(12)11-5-3-7-15-11/h1-2,4,6,11,15H,3,5,7-9H2,(H,16,18). The molecule has 19 heavy (non-hydrogen) atoms. The van der Waals surface area contributed by atoms with Gasteiger partial charge in [-0.1, -0.05) is 18.2 Å². The molecule has 2 aliphatic heterocycles. The first-order valence-corrected chi connectivity index (χ1v) is 6.69. The molecule has 2 amide bonds. The average Bonchev–Trinajstić information content (AvgIpc) is 2.96. The van der Waals surface area contributed by atoms with Gasteiger partial charge < -0.3 is 15.5 Å². The summed E-state index contributed by atoms with van der Waals surface area (Å²) in [5, 5.41) is 6.01. The first kappa shape index (κ1) is 12.2. The van der Waals surface area contributed by atoms with Crippen LogP contribution in [-0.4, -0.2) is 31.4 Å². The summed E-state index contributed by atoms with van der Waals surface area (Å²) in [6, 6.07) is 8.14. The largest absolute Gasteiger partial charge is 0.346 e. The maximum atomic E-state index is 12.0. The lowest BCUT2D eigenvalue weighted by Gasteiger charge is -2.29. The first-order valence-electron chi connectivity index (χ1n) is 6.69. The summed E-state index contributed by atoms with van der Waals surface area (Å²) in [7, 11) is 0. The third kappa shape index (κ3) is 2.21. The van der Waals surface area contributed by atoms with Gasteiger partial charge in [0.2, 0.25) is 0 Å². The molecule has 2 heterocycles. The third-order valence-corrected chi connectivity index (χ3v) is 3.72. The Morgan fingerprint density at radius 2 is 2.00 bits per heavy atom. The van der Waals surface area contributed by atoms with Crippen molar-refractivity contribution >= 4 is 17.5 Å². The molecule has 0 bridgehead atoms. The minimum atomic E-state index is -0.513. The van der Waals surface area contributed by atoms with Crippen molar-refractivity contribution in [2.24, 2.45) is 0 Å². The van der Waals surface area contributed by atoms with E-state index in [0.717, 1.165) is 30.6 Å². The molecule has 3 rings (SSSR count). The van der Waals surface area contributed by atoms with Crippen LogP contribution in [0.2, 0.25) is 0 Å². The van der Waals surface area contributed by atoms with Gasteiger partial charge in [0.15, 0.2) is 0 Å². The Morgan fingerprint density at radius 1 is 1.16 bits per heavy atom. The van der Waals surface area contributed by atoms with E-state index in [1.54, 1.807) is 4.90 Å². The quantitative estimate of drug-likeness (QED) is 0.764. The molecule has 5 nitrogen and oxygen atoms in total. The summed E-state index contributed by atoms with van der Waals surface area (Å²) < 4.78 is 0. The number of piperazine rings is 1. The number of hydrogen-bond donors (Lipinski definition) is 2. The summed E-state index contributed by atoms with van der Waals surface area (Å²) in [6.45, 7) is 2.05. The fraction of sp³-hybridized carbons (Fsp3) is 0.429. The molecular formula is C14H17N3O2. The van der Waals surface area contributed by atoms with E-state index in [4.69, 9.17) is 0 Å². The Hall–Kier alpha value is -1.88. The number of carbonyl (C=O) groups is 2.